The van der Waals surface area contributed by atoms with E-state index in [0.717, 1.165) is 11.4 Å². The van der Waals surface area contributed by atoms with Gasteiger partial charge in [-0.1, -0.05) is 12.0 Å². The highest BCUT2D eigenvalue weighted by atomic mass is 15.2. The third kappa shape index (κ3) is 3.84. The number of aromatic amines is 2. The molecule has 0 spiro atoms. The third-order valence-electron chi connectivity index (χ3n) is 7.37. The summed E-state index contributed by atoms with van der Waals surface area (Å²) in [5.74, 6) is 6.68. The molecule has 158 valence electrons. The minimum absolute atomic E-state index is 0.200. The Morgan fingerprint density at radius 1 is 0.833 bits per heavy atom. The van der Waals surface area contributed by atoms with Gasteiger partial charge in [0.25, 0.3) is 0 Å². The lowest BCUT2D eigenvalue weighted by Crippen LogP contribution is -2.36. The Morgan fingerprint density at radius 3 is 2.17 bits per heavy atom. The van der Waals surface area contributed by atoms with Crippen LogP contribution in [0.1, 0.15) is 62.8 Å². The van der Waals surface area contributed by atoms with Crippen LogP contribution in [0.25, 0.3) is 6.08 Å². The van der Waals surface area contributed by atoms with E-state index in [1.54, 1.807) is 12.4 Å². The minimum Gasteiger partial charge on any atom is -0.294 e. The van der Waals surface area contributed by atoms with Gasteiger partial charge in [-0.25, -0.2) is 0 Å². The maximum atomic E-state index is 3.96. The molecule has 2 aromatic rings. The number of fused-ring (bicyclic) bond motifs is 2. The van der Waals surface area contributed by atoms with Gasteiger partial charge >= 0.3 is 0 Å². The van der Waals surface area contributed by atoms with Crippen LogP contribution in [0, 0.1) is 11.8 Å². The topological polar surface area (TPSA) is 63.8 Å². The third-order valence-corrected chi connectivity index (χ3v) is 7.37. The number of rotatable bonds is 2. The van der Waals surface area contributed by atoms with Crippen LogP contribution in [-0.2, 0) is 0 Å². The van der Waals surface area contributed by atoms with Gasteiger partial charge < -0.3 is 0 Å². The molecule has 0 unspecified atom stereocenters. The second kappa shape index (κ2) is 8.41. The molecular formula is C24H32N6. The number of H-pyrrole nitrogens is 2. The van der Waals surface area contributed by atoms with Crippen molar-refractivity contribution in [1.82, 2.24) is 30.2 Å². The molecule has 6 rings (SSSR count). The molecule has 0 radical (unpaired) electrons. The maximum Gasteiger partial charge on any atom is 0.107 e. The summed E-state index contributed by atoms with van der Waals surface area (Å²) in [4.78, 5) is 5.19. The second-order valence-corrected chi connectivity index (χ2v) is 9.09. The van der Waals surface area contributed by atoms with Gasteiger partial charge in [-0.15, -0.1) is 0 Å². The molecular weight excluding hydrogens is 372 g/mol. The van der Waals surface area contributed by atoms with E-state index in [-0.39, 0.29) is 5.54 Å². The lowest BCUT2D eigenvalue weighted by atomic mass is 9.93. The Kier molecular flexibility index (Phi) is 5.49. The number of aromatic nitrogens is 4. The average Bonchev–Trinajstić information content (AvgIpc) is 3.56. The smallest absolute Gasteiger partial charge is 0.107 e. The number of hydrogen-bond donors (Lipinski definition) is 2. The SMILES string of the molecule is C(#CC12CCCN1CCC2)c1ccn[nH]1.C(=CC12CCCN1CCC2)c1ccn[nH]1. The number of nitrogens with zero attached hydrogens (tertiary/aromatic N) is 4. The Bertz CT molecular complexity index is 881. The van der Waals surface area contributed by atoms with Crippen molar-refractivity contribution in [2.45, 2.75) is 62.4 Å². The molecule has 0 atom stereocenters. The fourth-order valence-electron chi connectivity index (χ4n) is 5.85. The number of nitrogens with one attached hydrogen (secondary N) is 2. The summed E-state index contributed by atoms with van der Waals surface area (Å²) in [6, 6.07) is 3.94. The fraction of sp³-hybridized carbons (Fsp3) is 0.583. The van der Waals surface area contributed by atoms with Crippen molar-refractivity contribution in [3.63, 3.8) is 0 Å². The molecule has 6 heteroatoms. The van der Waals surface area contributed by atoms with Gasteiger partial charge in [0.1, 0.15) is 5.69 Å². The van der Waals surface area contributed by atoms with Crippen molar-refractivity contribution >= 4 is 6.08 Å². The summed E-state index contributed by atoms with van der Waals surface area (Å²) in [6.45, 7) is 5.04. The molecule has 4 aliphatic rings. The van der Waals surface area contributed by atoms with Gasteiger partial charge in [0.15, 0.2) is 0 Å². The monoisotopic (exact) mass is 404 g/mol. The zero-order valence-corrected chi connectivity index (χ0v) is 17.7. The summed E-state index contributed by atoms with van der Waals surface area (Å²) >= 11 is 0. The van der Waals surface area contributed by atoms with E-state index >= 15 is 0 Å². The van der Waals surface area contributed by atoms with E-state index in [4.69, 9.17) is 0 Å². The van der Waals surface area contributed by atoms with Gasteiger partial charge in [0.2, 0.25) is 0 Å². The van der Waals surface area contributed by atoms with Crippen LogP contribution in [0.3, 0.4) is 0 Å². The van der Waals surface area contributed by atoms with Gasteiger partial charge in [-0.05, 0) is 102 Å². The zero-order chi connectivity index (χ0) is 20.3. The van der Waals surface area contributed by atoms with Crippen LogP contribution in [0.4, 0.5) is 0 Å². The normalized spacial score (nSPS) is 24.3. The largest absolute Gasteiger partial charge is 0.294 e. The summed E-state index contributed by atoms with van der Waals surface area (Å²) in [6.07, 6.45) is 18.6. The molecule has 0 aliphatic carbocycles. The second-order valence-electron chi connectivity index (χ2n) is 9.09. The molecule has 4 fully saturated rings. The molecule has 30 heavy (non-hydrogen) atoms. The van der Waals surface area contributed by atoms with E-state index in [1.165, 1.54) is 77.5 Å². The highest BCUT2D eigenvalue weighted by Crippen LogP contribution is 2.40. The zero-order valence-electron chi connectivity index (χ0n) is 17.7. The predicted molar refractivity (Wildman–Crippen MR) is 119 cm³/mol. The fourth-order valence-corrected chi connectivity index (χ4v) is 5.85. The lowest BCUT2D eigenvalue weighted by Gasteiger charge is -2.28. The van der Waals surface area contributed by atoms with Crippen molar-refractivity contribution in [2.24, 2.45) is 0 Å². The Hall–Kier alpha value is -2.36. The molecule has 4 saturated heterocycles. The predicted octanol–water partition coefficient (Wildman–Crippen LogP) is 3.44. The summed E-state index contributed by atoms with van der Waals surface area (Å²) in [5, 5.41) is 13.7. The van der Waals surface area contributed by atoms with Crippen molar-refractivity contribution in [3.05, 3.63) is 42.0 Å². The van der Waals surface area contributed by atoms with Gasteiger partial charge in [-0.3, -0.25) is 20.0 Å². The van der Waals surface area contributed by atoms with Crippen LogP contribution in [-0.4, -0.2) is 67.5 Å². The minimum atomic E-state index is 0.200. The van der Waals surface area contributed by atoms with Gasteiger partial charge in [-0.2, -0.15) is 10.2 Å². The first-order valence-electron chi connectivity index (χ1n) is 11.5. The molecule has 4 aliphatic heterocycles. The van der Waals surface area contributed by atoms with E-state index in [9.17, 15) is 0 Å². The van der Waals surface area contributed by atoms with E-state index in [1.807, 2.05) is 12.1 Å². The molecule has 0 aromatic carbocycles. The molecule has 2 aromatic heterocycles. The lowest BCUT2D eigenvalue weighted by molar-refractivity contribution is 0.251. The quantitative estimate of drug-likeness (QED) is 0.753. The van der Waals surface area contributed by atoms with E-state index < -0.39 is 0 Å². The van der Waals surface area contributed by atoms with Crippen LogP contribution < -0.4 is 0 Å². The Labute approximate surface area is 179 Å². The van der Waals surface area contributed by atoms with E-state index in [2.05, 4.69) is 54.2 Å². The highest BCUT2D eigenvalue weighted by Gasteiger charge is 2.43. The van der Waals surface area contributed by atoms with Crippen LogP contribution >= 0.6 is 0 Å². The standard InChI is InChI=1S/C12H17N3.C12H15N3/c2*1-5-12(6-2-10-15(12)9-1)7-3-11-4-8-13-14-11/h3-4,7-8H,1-2,5-6,9-10H2,(H,13,14);4,8H,1-2,5-6,9-10H2,(H,13,14). The van der Waals surface area contributed by atoms with Gasteiger partial charge in [0, 0.05) is 17.9 Å². The summed E-state index contributed by atoms with van der Waals surface area (Å²) < 4.78 is 0. The molecule has 0 saturated carbocycles. The number of hydrogen-bond acceptors (Lipinski definition) is 4. The van der Waals surface area contributed by atoms with Crippen molar-refractivity contribution in [2.75, 3.05) is 26.2 Å². The average molecular weight is 405 g/mol. The molecule has 6 nitrogen and oxygen atoms in total. The van der Waals surface area contributed by atoms with Crippen LogP contribution in [0.5, 0.6) is 0 Å². The maximum absolute atomic E-state index is 3.96. The van der Waals surface area contributed by atoms with E-state index in [0.29, 0.717) is 5.54 Å². The Morgan fingerprint density at radius 2 is 1.50 bits per heavy atom. The van der Waals surface area contributed by atoms with Crippen LogP contribution in [0.2, 0.25) is 0 Å². The van der Waals surface area contributed by atoms with Crippen molar-refractivity contribution in [3.8, 4) is 11.8 Å². The Balaban J connectivity index is 0.000000128. The first-order chi connectivity index (χ1) is 14.8. The highest BCUT2D eigenvalue weighted by molar-refractivity contribution is 5.46. The first kappa shape index (κ1) is 19.6. The van der Waals surface area contributed by atoms with Crippen LogP contribution in [0.15, 0.2) is 30.6 Å². The molecule has 2 N–H and O–H groups in total. The van der Waals surface area contributed by atoms with Crippen molar-refractivity contribution < 1.29 is 0 Å². The molecule has 0 bridgehead atoms. The first-order valence-corrected chi connectivity index (χ1v) is 11.5. The molecule has 6 heterocycles. The van der Waals surface area contributed by atoms with Gasteiger partial charge in [0.05, 0.1) is 11.2 Å². The van der Waals surface area contributed by atoms with Crippen molar-refractivity contribution in [1.29, 1.82) is 0 Å². The molecule has 0 amide bonds. The summed E-state index contributed by atoms with van der Waals surface area (Å²) in [7, 11) is 0. The summed E-state index contributed by atoms with van der Waals surface area (Å²) in [5.41, 5.74) is 2.63.